The molecule has 2 heterocycles. The van der Waals surface area contributed by atoms with Gasteiger partial charge in [-0.15, -0.1) is 0 Å². The molecule has 3 heteroatoms. The van der Waals surface area contributed by atoms with E-state index in [1.165, 1.54) is 12.0 Å². The van der Waals surface area contributed by atoms with Crippen LogP contribution in [0.15, 0.2) is 18.3 Å². The van der Waals surface area contributed by atoms with E-state index in [2.05, 4.69) is 16.4 Å². The summed E-state index contributed by atoms with van der Waals surface area (Å²) in [6, 6.07) is 6.32. The van der Waals surface area contributed by atoms with Crippen molar-refractivity contribution in [1.82, 2.24) is 10.3 Å². The van der Waals surface area contributed by atoms with Crippen LogP contribution in [-0.2, 0) is 0 Å². The van der Waals surface area contributed by atoms with Gasteiger partial charge in [-0.3, -0.25) is 0 Å². The van der Waals surface area contributed by atoms with Gasteiger partial charge >= 0.3 is 0 Å². The molecule has 1 aromatic rings. The molecule has 66 valence electrons. The Hall–Kier alpha value is -1.40. The molecule has 1 fully saturated rings. The zero-order valence-corrected chi connectivity index (χ0v) is 7.33. The predicted octanol–water partition coefficient (Wildman–Crippen LogP) is 1.38. The van der Waals surface area contributed by atoms with Crippen LogP contribution in [0.3, 0.4) is 0 Å². The predicted molar refractivity (Wildman–Crippen MR) is 48.9 cm³/mol. The van der Waals surface area contributed by atoms with E-state index in [1.54, 1.807) is 6.20 Å². The molecule has 1 N–H and O–H groups in total. The van der Waals surface area contributed by atoms with Crippen molar-refractivity contribution in [1.29, 1.82) is 5.26 Å². The Bertz CT molecular complexity index is 334. The molecule has 13 heavy (non-hydrogen) atoms. The normalized spacial score (nSPS) is 21.3. The number of hydrogen-bond donors (Lipinski definition) is 1. The van der Waals surface area contributed by atoms with E-state index in [0.29, 0.717) is 11.7 Å². The third-order valence-corrected chi connectivity index (χ3v) is 2.36. The highest BCUT2D eigenvalue weighted by atomic mass is 14.9. The maximum absolute atomic E-state index is 8.67. The van der Waals surface area contributed by atoms with E-state index in [1.807, 2.05) is 12.1 Å². The molecule has 0 saturated carbocycles. The highest BCUT2D eigenvalue weighted by molar-refractivity contribution is 5.27. The Labute approximate surface area is 77.4 Å². The molecule has 1 saturated heterocycles. The van der Waals surface area contributed by atoms with Crippen LogP contribution in [-0.4, -0.2) is 11.5 Å². The number of pyridine rings is 1. The lowest BCUT2D eigenvalue weighted by Gasteiger charge is -2.09. The van der Waals surface area contributed by atoms with E-state index in [-0.39, 0.29) is 0 Å². The molecule has 1 aliphatic heterocycles. The Kier molecular flexibility index (Phi) is 2.24. The standard InChI is InChI=1S/C10H11N3/c11-7-9-6-8(3-5-12-9)10-2-1-4-13-10/h3,5-6,10,13H,1-2,4H2. The summed E-state index contributed by atoms with van der Waals surface area (Å²) >= 11 is 0. The first kappa shape index (κ1) is 8.21. The Morgan fingerprint density at radius 2 is 2.54 bits per heavy atom. The highest BCUT2D eigenvalue weighted by Crippen LogP contribution is 2.22. The summed E-state index contributed by atoms with van der Waals surface area (Å²) < 4.78 is 0. The summed E-state index contributed by atoms with van der Waals surface area (Å²) in [5.74, 6) is 0. The SMILES string of the molecule is N#Cc1cc(C2CCCN2)ccn1. The number of nitrogens with one attached hydrogen (secondary N) is 1. The zero-order chi connectivity index (χ0) is 9.10. The monoisotopic (exact) mass is 173 g/mol. The second-order valence-electron chi connectivity index (χ2n) is 3.24. The van der Waals surface area contributed by atoms with Crippen LogP contribution in [0.25, 0.3) is 0 Å². The van der Waals surface area contributed by atoms with Gasteiger partial charge < -0.3 is 5.32 Å². The van der Waals surface area contributed by atoms with Gasteiger partial charge in [0.2, 0.25) is 0 Å². The Morgan fingerprint density at radius 3 is 3.23 bits per heavy atom. The van der Waals surface area contributed by atoms with Crippen molar-refractivity contribution in [2.75, 3.05) is 6.54 Å². The molecule has 2 rings (SSSR count). The average molecular weight is 173 g/mol. The fraction of sp³-hybridized carbons (Fsp3) is 0.400. The molecule has 1 aromatic heterocycles. The Balaban J connectivity index is 2.25. The highest BCUT2D eigenvalue weighted by Gasteiger charge is 2.15. The van der Waals surface area contributed by atoms with E-state index in [0.717, 1.165) is 13.0 Å². The minimum atomic E-state index is 0.426. The summed E-state index contributed by atoms with van der Waals surface area (Å²) in [5, 5.41) is 12.1. The maximum Gasteiger partial charge on any atom is 0.140 e. The van der Waals surface area contributed by atoms with E-state index in [4.69, 9.17) is 5.26 Å². The van der Waals surface area contributed by atoms with Crippen molar-refractivity contribution in [3.05, 3.63) is 29.6 Å². The van der Waals surface area contributed by atoms with Crippen LogP contribution in [0.5, 0.6) is 0 Å². The lowest BCUT2D eigenvalue weighted by atomic mass is 10.1. The summed E-state index contributed by atoms with van der Waals surface area (Å²) in [7, 11) is 0. The molecule has 0 bridgehead atoms. The number of nitriles is 1. The minimum Gasteiger partial charge on any atom is -0.310 e. The van der Waals surface area contributed by atoms with E-state index in [9.17, 15) is 0 Å². The lowest BCUT2D eigenvalue weighted by molar-refractivity contribution is 0.646. The largest absolute Gasteiger partial charge is 0.310 e. The van der Waals surface area contributed by atoms with Crippen LogP contribution in [0.4, 0.5) is 0 Å². The summed E-state index contributed by atoms with van der Waals surface area (Å²) in [6.07, 6.45) is 4.08. The number of aromatic nitrogens is 1. The minimum absolute atomic E-state index is 0.426. The molecular weight excluding hydrogens is 162 g/mol. The molecule has 0 amide bonds. The summed E-state index contributed by atoms with van der Waals surface area (Å²) in [5.41, 5.74) is 1.69. The van der Waals surface area contributed by atoms with Gasteiger partial charge in [-0.25, -0.2) is 4.98 Å². The average Bonchev–Trinajstić information content (AvgIpc) is 2.71. The van der Waals surface area contributed by atoms with Crippen molar-refractivity contribution in [3.8, 4) is 6.07 Å². The second kappa shape index (κ2) is 3.55. The third kappa shape index (κ3) is 1.68. The van der Waals surface area contributed by atoms with Crippen molar-refractivity contribution in [2.45, 2.75) is 18.9 Å². The van der Waals surface area contributed by atoms with Gasteiger partial charge in [-0.05, 0) is 37.1 Å². The van der Waals surface area contributed by atoms with E-state index < -0.39 is 0 Å². The molecule has 0 radical (unpaired) electrons. The molecule has 0 spiro atoms. The van der Waals surface area contributed by atoms with Crippen LogP contribution in [0.1, 0.15) is 30.1 Å². The summed E-state index contributed by atoms with van der Waals surface area (Å²) in [4.78, 5) is 3.94. The van der Waals surface area contributed by atoms with E-state index >= 15 is 0 Å². The molecular formula is C10H11N3. The first-order chi connectivity index (χ1) is 6.40. The maximum atomic E-state index is 8.67. The second-order valence-corrected chi connectivity index (χ2v) is 3.24. The number of hydrogen-bond acceptors (Lipinski definition) is 3. The van der Waals surface area contributed by atoms with Gasteiger partial charge in [0.25, 0.3) is 0 Å². The molecule has 0 aliphatic carbocycles. The number of rotatable bonds is 1. The van der Waals surface area contributed by atoms with Crippen LogP contribution in [0.2, 0.25) is 0 Å². The fourth-order valence-corrected chi connectivity index (χ4v) is 1.69. The smallest absolute Gasteiger partial charge is 0.140 e. The van der Waals surface area contributed by atoms with Gasteiger partial charge in [-0.1, -0.05) is 0 Å². The Morgan fingerprint density at radius 1 is 1.62 bits per heavy atom. The first-order valence-electron chi connectivity index (χ1n) is 4.49. The topological polar surface area (TPSA) is 48.7 Å². The van der Waals surface area contributed by atoms with Crippen molar-refractivity contribution in [2.24, 2.45) is 0 Å². The van der Waals surface area contributed by atoms with Crippen molar-refractivity contribution >= 4 is 0 Å². The van der Waals surface area contributed by atoms with Crippen LogP contribution >= 0.6 is 0 Å². The van der Waals surface area contributed by atoms with Gasteiger partial charge in [-0.2, -0.15) is 5.26 Å². The van der Waals surface area contributed by atoms with Gasteiger partial charge in [0, 0.05) is 12.2 Å². The molecule has 1 aliphatic rings. The molecule has 1 atom stereocenters. The third-order valence-electron chi connectivity index (χ3n) is 2.36. The van der Waals surface area contributed by atoms with Gasteiger partial charge in [0.05, 0.1) is 0 Å². The molecule has 1 unspecified atom stereocenters. The zero-order valence-electron chi connectivity index (χ0n) is 7.33. The van der Waals surface area contributed by atoms with Gasteiger partial charge in [0.1, 0.15) is 11.8 Å². The summed E-state index contributed by atoms with van der Waals surface area (Å²) in [6.45, 7) is 1.08. The van der Waals surface area contributed by atoms with Crippen LogP contribution < -0.4 is 5.32 Å². The van der Waals surface area contributed by atoms with Crippen molar-refractivity contribution < 1.29 is 0 Å². The molecule has 3 nitrogen and oxygen atoms in total. The first-order valence-corrected chi connectivity index (χ1v) is 4.49. The van der Waals surface area contributed by atoms with Crippen LogP contribution in [0, 0.1) is 11.3 Å². The fourth-order valence-electron chi connectivity index (χ4n) is 1.69. The quantitative estimate of drug-likeness (QED) is 0.698. The van der Waals surface area contributed by atoms with Gasteiger partial charge in [0.15, 0.2) is 0 Å². The molecule has 0 aromatic carbocycles. The number of nitrogens with zero attached hydrogens (tertiary/aromatic N) is 2. The lowest BCUT2D eigenvalue weighted by Crippen LogP contribution is -2.12. The van der Waals surface area contributed by atoms with Crippen molar-refractivity contribution in [3.63, 3.8) is 0 Å².